The minimum Gasteiger partial charge on any atom is -0.497 e. The molecule has 0 aliphatic carbocycles. The highest BCUT2D eigenvalue weighted by Crippen LogP contribution is 2.42. The van der Waals surface area contributed by atoms with Crippen molar-refractivity contribution in [3.05, 3.63) is 59.7 Å². The molecule has 312 valence electrons. The number of hydrogen-bond acceptors (Lipinski definition) is 14. The van der Waals surface area contributed by atoms with Crippen LogP contribution in [0.2, 0.25) is 26.2 Å². The number of hydrogen-bond donors (Lipinski definition) is 1. The van der Waals surface area contributed by atoms with Crippen molar-refractivity contribution in [1.82, 2.24) is 9.80 Å². The van der Waals surface area contributed by atoms with Crippen LogP contribution < -0.4 is 9.47 Å². The van der Waals surface area contributed by atoms with Crippen LogP contribution in [0.3, 0.4) is 0 Å². The first kappa shape index (κ1) is 46.1. The van der Waals surface area contributed by atoms with Crippen LogP contribution in [-0.2, 0) is 37.0 Å². The summed E-state index contributed by atoms with van der Waals surface area (Å²) >= 11 is 3.15. The predicted octanol–water partition coefficient (Wildman–Crippen LogP) is 6.48. The van der Waals surface area contributed by atoms with E-state index in [0.717, 1.165) is 39.2 Å². The number of aliphatic hydroxyl groups excluding tert-OH is 1. The maximum absolute atomic E-state index is 11.4. The van der Waals surface area contributed by atoms with Gasteiger partial charge in [0.2, 0.25) is 0 Å². The molecule has 2 fully saturated rings. The van der Waals surface area contributed by atoms with Gasteiger partial charge in [-0.2, -0.15) is 0 Å². The summed E-state index contributed by atoms with van der Waals surface area (Å²) in [6, 6.07) is 15.5. The van der Waals surface area contributed by atoms with Crippen molar-refractivity contribution < 1.29 is 38.3 Å². The summed E-state index contributed by atoms with van der Waals surface area (Å²) in [6.45, 7) is 16.1. The van der Waals surface area contributed by atoms with E-state index >= 15 is 0 Å². The lowest BCUT2D eigenvalue weighted by Crippen LogP contribution is -2.54. The molecule has 0 saturated carbocycles. The highest BCUT2D eigenvalue weighted by atomic mass is 32.2. The minimum atomic E-state index is -0.611. The minimum absolute atomic E-state index is 0.0420. The van der Waals surface area contributed by atoms with E-state index in [4.69, 9.17) is 38.4 Å². The van der Waals surface area contributed by atoms with Gasteiger partial charge in [-0.25, -0.2) is 0 Å². The number of carbonyl (C=O) groups excluding carboxylic acids is 1. The third kappa shape index (κ3) is 12.7. The summed E-state index contributed by atoms with van der Waals surface area (Å²) in [6.07, 6.45) is -0.685. The average Bonchev–Trinajstić information content (AvgIpc) is 3.79. The number of aldehydes is 1. The van der Waals surface area contributed by atoms with Crippen LogP contribution in [0, 0.1) is 11.8 Å². The monoisotopic (exact) mass is 832 g/mol. The Morgan fingerprint density at radius 2 is 1.14 bits per heavy atom. The van der Waals surface area contributed by atoms with Crippen LogP contribution in [0.15, 0.2) is 58.5 Å². The number of aliphatic hydroxyl groups is 1. The third-order valence-electron chi connectivity index (χ3n) is 9.43. The van der Waals surface area contributed by atoms with E-state index in [1.54, 1.807) is 44.7 Å². The Morgan fingerprint density at radius 1 is 0.750 bits per heavy atom. The van der Waals surface area contributed by atoms with Gasteiger partial charge in [-0.05, 0) is 42.3 Å². The summed E-state index contributed by atoms with van der Waals surface area (Å²) < 4.78 is 35.0. The Hall–Kier alpha value is -2.63. The third-order valence-corrected chi connectivity index (χ3v) is 12.0. The summed E-state index contributed by atoms with van der Waals surface area (Å²) in [7, 11) is 10.6. The van der Waals surface area contributed by atoms with E-state index in [2.05, 4.69) is 33.1 Å². The van der Waals surface area contributed by atoms with Crippen LogP contribution in [0.5, 0.6) is 11.5 Å². The fraction of sp³-hybridized carbons (Fsp3) is 0.634. The second-order valence-electron chi connectivity index (χ2n) is 16.6. The molecule has 0 amide bonds. The Labute approximate surface area is 344 Å². The number of rotatable bonds is 10. The molecule has 0 bridgehead atoms. The lowest BCUT2D eigenvalue weighted by molar-refractivity contribution is -0.165. The molecule has 6 rings (SSSR count). The number of fused-ring (bicyclic) bond motifs is 2. The van der Waals surface area contributed by atoms with Crippen molar-refractivity contribution in [3.63, 3.8) is 0 Å². The molecule has 2 aromatic carbocycles. The average molecular weight is 833 g/mol. The molecule has 1 N–H and O–H groups in total. The molecule has 2 saturated heterocycles. The Morgan fingerprint density at radius 3 is 1.50 bits per heavy atom. The van der Waals surface area contributed by atoms with Gasteiger partial charge in [-0.3, -0.25) is 9.98 Å². The zero-order valence-corrected chi connectivity index (χ0v) is 38.0. The molecule has 0 aromatic heterocycles. The van der Waals surface area contributed by atoms with Crippen LogP contribution in [0.1, 0.15) is 31.9 Å². The molecule has 12 nitrogen and oxygen atoms in total. The fourth-order valence-corrected chi connectivity index (χ4v) is 8.77. The van der Waals surface area contributed by atoms with Crippen molar-refractivity contribution in [2.24, 2.45) is 21.8 Å². The lowest BCUT2D eigenvalue weighted by atomic mass is 9.87. The molecule has 56 heavy (non-hydrogen) atoms. The van der Waals surface area contributed by atoms with Crippen molar-refractivity contribution in [2.45, 2.75) is 114 Å². The smallest absolute Gasteiger partial charge is 0.161 e. The zero-order valence-electron chi connectivity index (χ0n) is 35.4. The first-order chi connectivity index (χ1) is 26.4. The lowest BCUT2D eigenvalue weighted by Gasteiger charge is -2.42. The number of carbonyl (C=O) groups is 1. The zero-order chi connectivity index (χ0) is 41.3. The maximum atomic E-state index is 11.4. The van der Waals surface area contributed by atoms with Gasteiger partial charge in [0.1, 0.15) is 46.8 Å². The number of aliphatic imine (C=N–C) groups is 2. The van der Waals surface area contributed by atoms with Gasteiger partial charge in [0, 0.05) is 48.1 Å². The molecular formula is C41H64N4O8S2Si. The Balaban J connectivity index is 0.000000222. The van der Waals surface area contributed by atoms with Gasteiger partial charge >= 0.3 is 0 Å². The number of ether oxygens (including phenoxy) is 6. The normalized spacial score (nSPS) is 29.8. The molecule has 0 radical (unpaired) electrons. The molecule has 11 atom stereocenters. The summed E-state index contributed by atoms with van der Waals surface area (Å²) in [5.41, 5.74) is 1.84. The number of amidine groups is 2. The second-order valence-corrected chi connectivity index (χ2v) is 24.7. The fourth-order valence-electron chi connectivity index (χ4n) is 6.49. The molecule has 4 aliphatic heterocycles. The van der Waals surface area contributed by atoms with E-state index in [9.17, 15) is 9.90 Å². The first-order valence-corrected chi connectivity index (χ1v) is 25.0. The number of nitrogens with zero attached hydrogens (tertiary/aromatic N) is 4. The van der Waals surface area contributed by atoms with E-state index in [1.807, 2.05) is 93.4 Å². The quantitative estimate of drug-likeness (QED) is 0.208. The standard InChI is InChI=1S/C19H28N2O4S.C18H24N2O4S.C4H12Si/c1-11-16(12(2)22)25-18-15(20-19(26-18)21(3)4)17(11)24-10-13-6-8-14(23-5)9-7-13;1-11-14(9-21)24-17-15(19-18(25-17)20(2)3)16(11)23-10-12-5-7-13(22-4)8-6-12;1-5(2,3)4/h6-9,11-12,15-18,22H,10H2,1-5H3;5-9,11,14-17H,10H2,1-4H3;1-4H3/t11-,12?,15-,16+,17+,18-;11-,14-,15-,16+,17-;/m11./s1. The molecule has 1 unspecified atom stereocenters. The van der Waals surface area contributed by atoms with Crippen molar-refractivity contribution in [3.8, 4) is 11.5 Å². The van der Waals surface area contributed by atoms with Crippen molar-refractivity contribution in [2.75, 3.05) is 42.4 Å². The van der Waals surface area contributed by atoms with E-state index in [1.165, 1.54) is 0 Å². The van der Waals surface area contributed by atoms with Crippen LogP contribution in [-0.4, -0.2) is 135 Å². The first-order valence-electron chi connectivity index (χ1n) is 19.2. The summed E-state index contributed by atoms with van der Waals surface area (Å²) in [4.78, 5) is 25.0. The summed E-state index contributed by atoms with van der Waals surface area (Å²) in [5.74, 6) is 1.63. The van der Waals surface area contributed by atoms with Gasteiger partial charge < -0.3 is 48.1 Å². The molecule has 4 heterocycles. The number of benzene rings is 2. The summed E-state index contributed by atoms with van der Waals surface area (Å²) in [5, 5.41) is 12.0. The van der Waals surface area contributed by atoms with Gasteiger partial charge in [0.15, 0.2) is 10.3 Å². The molecule has 4 aliphatic rings. The number of thioether (sulfide) groups is 2. The Kier molecular flexibility index (Phi) is 17.2. The van der Waals surface area contributed by atoms with Gasteiger partial charge in [0.25, 0.3) is 0 Å². The van der Waals surface area contributed by atoms with Crippen molar-refractivity contribution in [1.29, 1.82) is 0 Å². The van der Waals surface area contributed by atoms with Crippen molar-refractivity contribution >= 4 is 48.2 Å². The van der Waals surface area contributed by atoms with Crippen LogP contribution >= 0.6 is 23.5 Å². The van der Waals surface area contributed by atoms with Gasteiger partial charge in [-0.1, -0.05) is 87.8 Å². The molecular weight excluding hydrogens is 769 g/mol. The van der Waals surface area contributed by atoms with E-state index in [-0.39, 0.29) is 53.1 Å². The maximum Gasteiger partial charge on any atom is 0.161 e. The van der Waals surface area contributed by atoms with Gasteiger partial charge in [0.05, 0.1) is 51.8 Å². The molecule has 0 spiro atoms. The SMILES string of the molecule is COc1ccc(CO[C@H]2[C@H](C)[C@@H](C(C)O)O[C@@H]3SC(N(C)C)=N[C@H]23)cc1.COc1ccc(CO[C@H]2[C@H](C)[C@@H](C=O)O[C@@H]3SC(N(C)C)=N[C@H]23)cc1.C[Si](C)(C)C. The second kappa shape index (κ2) is 20.9. The number of methoxy groups -OCH3 is 2. The highest BCUT2D eigenvalue weighted by Gasteiger charge is 2.50. The molecule has 2 aromatic rings. The molecule has 15 heteroatoms. The van der Waals surface area contributed by atoms with Gasteiger partial charge in [-0.15, -0.1) is 0 Å². The Bertz CT molecular complexity index is 1590. The van der Waals surface area contributed by atoms with E-state index < -0.39 is 20.3 Å². The topological polar surface area (TPSA) is 124 Å². The predicted molar refractivity (Wildman–Crippen MR) is 231 cm³/mol. The van der Waals surface area contributed by atoms with Crippen LogP contribution in [0.25, 0.3) is 0 Å². The van der Waals surface area contributed by atoms with E-state index in [0.29, 0.717) is 13.2 Å². The highest BCUT2D eigenvalue weighted by molar-refractivity contribution is 8.14. The van der Waals surface area contributed by atoms with Crippen LogP contribution in [0.4, 0.5) is 0 Å². The largest absolute Gasteiger partial charge is 0.497 e.